The van der Waals surface area contributed by atoms with E-state index in [-0.39, 0.29) is 28.0 Å². The monoisotopic (exact) mass is 399 g/mol. The Morgan fingerprint density at radius 3 is 2.88 bits per heavy atom. The molecule has 0 saturated carbocycles. The molecule has 1 aromatic rings. The summed E-state index contributed by atoms with van der Waals surface area (Å²) in [7, 11) is -0.309. The molecule has 1 saturated heterocycles. The van der Waals surface area contributed by atoms with Crippen LogP contribution in [0.3, 0.4) is 0 Å². The molecule has 3 rings (SSSR count). The molecule has 1 unspecified atom stereocenters. The smallest absolute Gasteiger partial charge is 0.352 e. The number of anilines is 1. The van der Waals surface area contributed by atoms with Crippen molar-refractivity contribution >= 4 is 50.8 Å². The third kappa shape index (κ3) is 2.94. The van der Waals surface area contributed by atoms with Crippen molar-refractivity contribution in [3.8, 4) is 0 Å². The highest BCUT2D eigenvalue weighted by Crippen LogP contribution is 2.31. The van der Waals surface area contributed by atoms with Gasteiger partial charge in [0.15, 0.2) is 10.8 Å². The molecule has 11 nitrogen and oxygen atoms in total. The third-order valence-electron chi connectivity index (χ3n) is 3.68. The lowest BCUT2D eigenvalue weighted by Gasteiger charge is -2.47. The second kappa shape index (κ2) is 6.84. The van der Waals surface area contributed by atoms with Gasteiger partial charge >= 0.3 is 5.97 Å². The van der Waals surface area contributed by atoms with Crippen molar-refractivity contribution in [2.45, 2.75) is 11.4 Å². The van der Waals surface area contributed by atoms with Crippen LogP contribution in [-0.2, 0) is 30.0 Å². The van der Waals surface area contributed by atoms with Crippen molar-refractivity contribution in [2.75, 3.05) is 18.6 Å². The van der Waals surface area contributed by atoms with Crippen LogP contribution in [0.25, 0.3) is 0 Å². The molecule has 1 fully saturated rings. The predicted molar refractivity (Wildman–Crippen MR) is 91.4 cm³/mol. The lowest BCUT2D eigenvalue weighted by molar-refractivity contribution is -0.150. The summed E-state index contributed by atoms with van der Waals surface area (Å²) in [6.45, 7) is 0. The number of amides is 2. The van der Waals surface area contributed by atoms with E-state index in [0.717, 1.165) is 16.2 Å². The molecule has 3 heterocycles. The van der Waals surface area contributed by atoms with E-state index in [1.165, 1.54) is 18.6 Å². The highest BCUT2D eigenvalue weighted by molar-refractivity contribution is 7.86. The number of thiazole rings is 1. The summed E-state index contributed by atoms with van der Waals surface area (Å²) in [5, 5.41) is 15.9. The molecule has 26 heavy (non-hydrogen) atoms. The Balaban J connectivity index is 1.81. The number of carbonyl (C=O) groups excluding carboxylic acids is 2. The Morgan fingerprint density at radius 1 is 1.58 bits per heavy atom. The summed E-state index contributed by atoms with van der Waals surface area (Å²) in [4.78, 5) is 45.5. The summed E-state index contributed by atoms with van der Waals surface area (Å²) in [6, 6.07) is -1.13. The van der Waals surface area contributed by atoms with Crippen LogP contribution in [0.2, 0.25) is 0 Å². The van der Waals surface area contributed by atoms with Gasteiger partial charge in [-0.15, -0.1) is 11.3 Å². The van der Waals surface area contributed by atoms with Crippen molar-refractivity contribution < 1.29 is 28.5 Å². The second-order valence-electron chi connectivity index (χ2n) is 5.19. The summed E-state index contributed by atoms with van der Waals surface area (Å²) >= 11 is 1.09. The SMILES string of the molecule is CO/N=C(\C(=O)N[C@@H]1C(=O)N2C(C(=O)O)=CCS(=O)[C@H]12)c1csc(N)n1. The zero-order valence-electron chi connectivity index (χ0n) is 13.2. The molecule has 0 aromatic carbocycles. The number of hydrogen-bond donors (Lipinski definition) is 3. The van der Waals surface area contributed by atoms with Crippen molar-refractivity contribution in [3.63, 3.8) is 0 Å². The number of nitrogen functional groups attached to an aromatic ring is 1. The molecule has 0 spiro atoms. The van der Waals surface area contributed by atoms with Gasteiger partial charge in [0, 0.05) is 11.1 Å². The van der Waals surface area contributed by atoms with E-state index < -0.39 is 40.0 Å². The van der Waals surface area contributed by atoms with E-state index >= 15 is 0 Å². The van der Waals surface area contributed by atoms with Crippen LogP contribution >= 0.6 is 11.3 Å². The Hall–Kier alpha value is -2.80. The fourth-order valence-electron chi connectivity index (χ4n) is 2.57. The highest BCUT2D eigenvalue weighted by Gasteiger charge is 2.55. The van der Waals surface area contributed by atoms with Crippen LogP contribution in [0.5, 0.6) is 0 Å². The van der Waals surface area contributed by atoms with Gasteiger partial charge < -0.3 is 21.0 Å². The molecule has 138 valence electrons. The number of carboxylic acids is 1. The molecule has 2 aliphatic heterocycles. The van der Waals surface area contributed by atoms with E-state index in [4.69, 9.17) is 10.8 Å². The Morgan fingerprint density at radius 2 is 2.31 bits per heavy atom. The number of nitrogens with two attached hydrogens (primary N) is 1. The first-order valence-corrected chi connectivity index (χ1v) is 9.38. The summed E-state index contributed by atoms with van der Waals surface area (Å²) in [5.74, 6) is -2.77. The molecule has 3 atom stereocenters. The lowest BCUT2D eigenvalue weighted by Crippen LogP contribution is -2.73. The van der Waals surface area contributed by atoms with E-state index in [0.29, 0.717) is 0 Å². The Kier molecular flexibility index (Phi) is 4.73. The van der Waals surface area contributed by atoms with Crippen LogP contribution in [0, 0.1) is 0 Å². The van der Waals surface area contributed by atoms with Gasteiger partial charge in [-0.3, -0.25) is 18.7 Å². The topological polar surface area (TPSA) is 164 Å². The first kappa shape index (κ1) is 18.0. The van der Waals surface area contributed by atoms with Gasteiger partial charge in [-0.25, -0.2) is 9.78 Å². The molecular formula is C13H13N5O6S2. The molecule has 0 bridgehead atoms. The Bertz CT molecular complexity index is 878. The number of aliphatic carboxylic acids is 1. The number of oxime groups is 1. The van der Waals surface area contributed by atoms with E-state index in [9.17, 15) is 18.6 Å². The molecule has 13 heteroatoms. The van der Waals surface area contributed by atoms with Crippen molar-refractivity contribution in [1.82, 2.24) is 15.2 Å². The Labute approximate surface area is 153 Å². The summed E-state index contributed by atoms with van der Waals surface area (Å²) < 4.78 is 12.2. The van der Waals surface area contributed by atoms with Crippen LogP contribution < -0.4 is 11.1 Å². The van der Waals surface area contributed by atoms with Gasteiger partial charge in [0.1, 0.15) is 29.9 Å². The zero-order chi connectivity index (χ0) is 19.0. The quantitative estimate of drug-likeness (QED) is 0.304. The number of rotatable bonds is 5. The highest BCUT2D eigenvalue weighted by atomic mass is 32.2. The number of carbonyl (C=O) groups is 3. The van der Waals surface area contributed by atoms with Gasteiger partial charge in [0.05, 0.1) is 10.8 Å². The fourth-order valence-corrected chi connectivity index (χ4v) is 4.58. The standard InChI is InChI=1S/C13H13N5O6S2/c1-24-17-7(5-4-25-13(14)15-5)9(19)16-8-10(20)18-6(12(21)22)2-3-26(23)11(8)18/h2,4,8,11H,3H2,1H3,(H2,14,15)(H,16,19)(H,21,22)/b17-7-/t8-,11-,26?/m1/s1. The number of nitrogens with one attached hydrogen (secondary N) is 1. The van der Waals surface area contributed by atoms with Gasteiger partial charge in [-0.1, -0.05) is 5.16 Å². The van der Waals surface area contributed by atoms with Crippen LogP contribution in [-0.4, -0.2) is 67.0 Å². The lowest BCUT2D eigenvalue weighted by atomic mass is 10.0. The van der Waals surface area contributed by atoms with E-state index in [1.54, 1.807) is 0 Å². The average molecular weight is 399 g/mol. The van der Waals surface area contributed by atoms with Gasteiger partial charge in [0.25, 0.3) is 11.8 Å². The van der Waals surface area contributed by atoms with E-state index in [1.807, 2.05) is 0 Å². The molecule has 0 aliphatic carbocycles. The second-order valence-corrected chi connectivity index (χ2v) is 7.65. The first-order valence-electron chi connectivity index (χ1n) is 7.12. The van der Waals surface area contributed by atoms with Crippen LogP contribution in [0.15, 0.2) is 22.3 Å². The summed E-state index contributed by atoms with van der Waals surface area (Å²) in [6.07, 6.45) is 1.22. The largest absolute Gasteiger partial charge is 0.477 e. The maximum atomic E-state index is 12.5. The third-order valence-corrected chi connectivity index (χ3v) is 5.87. The number of hydrogen-bond acceptors (Lipinski definition) is 9. The van der Waals surface area contributed by atoms with E-state index in [2.05, 4.69) is 20.3 Å². The van der Waals surface area contributed by atoms with Crippen LogP contribution in [0.4, 0.5) is 5.13 Å². The van der Waals surface area contributed by atoms with Crippen molar-refractivity contribution in [3.05, 3.63) is 22.8 Å². The fraction of sp³-hybridized carbons (Fsp3) is 0.308. The number of β-lactam (4-membered cyclic amide) rings is 1. The average Bonchev–Trinajstić information content (AvgIpc) is 3.02. The first-order chi connectivity index (χ1) is 12.3. The summed E-state index contributed by atoms with van der Waals surface area (Å²) in [5.41, 5.74) is 5.25. The predicted octanol–water partition coefficient (Wildman–Crippen LogP) is -1.54. The molecular weight excluding hydrogens is 386 g/mol. The minimum absolute atomic E-state index is 0.0237. The number of carboxylic acid groups (broad SMARTS) is 1. The number of aromatic nitrogens is 1. The molecule has 2 amide bonds. The van der Waals surface area contributed by atoms with Crippen molar-refractivity contribution in [1.29, 1.82) is 0 Å². The van der Waals surface area contributed by atoms with Gasteiger partial charge in [-0.05, 0) is 6.08 Å². The number of fused-ring (bicyclic) bond motifs is 1. The molecule has 0 radical (unpaired) electrons. The molecule has 1 aromatic heterocycles. The molecule has 4 N–H and O–H groups in total. The van der Waals surface area contributed by atoms with Gasteiger partial charge in [0.2, 0.25) is 0 Å². The number of nitrogens with zero attached hydrogens (tertiary/aromatic N) is 3. The van der Waals surface area contributed by atoms with Crippen molar-refractivity contribution in [2.24, 2.45) is 5.16 Å². The minimum atomic E-state index is -1.54. The van der Waals surface area contributed by atoms with Crippen LogP contribution in [0.1, 0.15) is 5.69 Å². The zero-order valence-corrected chi connectivity index (χ0v) is 14.9. The van der Waals surface area contributed by atoms with Gasteiger partial charge in [-0.2, -0.15) is 0 Å². The normalized spacial score (nSPS) is 25.0. The maximum Gasteiger partial charge on any atom is 0.352 e. The molecule has 2 aliphatic rings. The maximum absolute atomic E-state index is 12.5. The minimum Gasteiger partial charge on any atom is -0.477 e.